The van der Waals surface area contributed by atoms with Crippen LogP contribution in [-0.4, -0.2) is 41.1 Å². The van der Waals surface area contributed by atoms with Crippen molar-refractivity contribution in [2.75, 3.05) is 20.1 Å². The average molecular weight is 356 g/mol. The normalized spacial score (nSPS) is 17.8. The van der Waals surface area contributed by atoms with Crippen LogP contribution in [0.3, 0.4) is 0 Å². The van der Waals surface area contributed by atoms with E-state index in [2.05, 4.69) is 16.9 Å². The third kappa shape index (κ3) is 3.56. The molecule has 1 aromatic heterocycles. The Labute approximate surface area is 152 Å². The minimum absolute atomic E-state index is 0.214. The molecule has 0 spiro atoms. The van der Waals surface area contributed by atoms with Crippen molar-refractivity contribution in [1.82, 2.24) is 14.9 Å². The number of hydrogen-bond acceptors (Lipinski definition) is 3. The lowest BCUT2D eigenvalue weighted by atomic mass is 10.1. The van der Waals surface area contributed by atoms with E-state index < -0.39 is 0 Å². The van der Waals surface area contributed by atoms with Crippen LogP contribution in [-0.2, 0) is 4.74 Å². The molecule has 1 unspecified atom stereocenters. The highest BCUT2D eigenvalue weighted by Crippen LogP contribution is 2.33. The van der Waals surface area contributed by atoms with Crippen molar-refractivity contribution in [2.45, 2.75) is 25.0 Å². The van der Waals surface area contributed by atoms with E-state index in [1.54, 1.807) is 0 Å². The number of nitrogens with one attached hydrogen (secondary N) is 1. The van der Waals surface area contributed by atoms with Crippen LogP contribution >= 0.6 is 11.6 Å². The zero-order chi connectivity index (χ0) is 17.2. The maximum atomic E-state index is 6.52. The van der Waals surface area contributed by atoms with E-state index in [1.807, 2.05) is 48.5 Å². The molecule has 0 saturated carbocycles. The first-order valence-corrected chi connectivity index (χ1v) is 9.11. The van der Waals surface area contributed by atoms with Crippen molar-refractivity contribution < 1.29 is 4.74 Å². The number of H-pyrrole nitrogens is 1. The molecule has 1 atom stereocenters. The molecule has 1 saturated heterocycles. The number of nitrogens with zero attached hydrogens (tertiary/aromatic N) is 2. The number of piperidine rings is 1. The molecule has 0 bridgehead atoms. The first-order valence-electron chi connectivity index (χ1n) is 8.74. The highest BCUT2D eigenvalue weighted by Gasteiger charge is 2.27. The van der Waals surface area contributed by atoms with Gasteiger partial charge in [0.15, 0.2) is 0 Å². The van der Waals surface area contributed by atoms with Gasteiger partial charge in [-0.15, -0.1) is 0 Å². The summed E-state index contributed by atoms with van der Waals surface area (Å²) in [5.74, 6) is 0.813. The lowest BCUT2D eigenvalue weighted by Gasteiger charge is -2.31. The van der Waals surface area contributed by atoms with Gasteiger partial charge < -0.3 is 14.6 Å². The molecular weight excluding hydrogens is 334 g/mol. The SMILES string of the molecule is CN1CCC(OC(c2nc3ccccc3[nH]2)c2ccccc2Cl)CC1. The second-order valence-electron chi connectivity index (χ2n) is 6.68. The van der Waals surface area contributed by atoms with Gasteiger partial charge in [-0.05, 0) is 38.1 Å². The second kappa shape index (κ2) is 7.16. The van der Waals surface area contributed by atoms with Crippen LogP contribution in [0.1, 0.15) is 30.3 Å². The van der Waals surface area contributed by atoms with Crippen molar-refractivity contribution in [3.05, 3.63) is 64.9 Å². The van der Waals surface area contributed by atoms with E-state index in [0.717, 1.165) is 48.4 Å². The Morgan fingerprint density at radius 1 is 1.12 bits per heavy atom. The number of fused-ring (bicyclic) bond motifs is 1. The van der Waals surface area contributed by atoms with Crippen molar-refractivity contribution in [2.24, 2.45) is 0 Å². The summed E-state index contributed by atoms with van der Waals surface area (Å²) >= 11 is 6.48. The minimum Gasteiger partial charge on any atom is -0.362 e. The lowest BCUT2D eigenvalue weighted by Crippen LogP contribution is -2.35. The Hall–Kier alpha value is -1.88. The Balaban J connectivity index is 1.69. The number of aromatic amines is 1. The summed E-state index contributed by atoms with van der Waals surface area (Å²) in [6.45, 7) is 2.11. The van der Waals surface area contributed by atoms with Crippen molar-refractivity contribution >= 4 is 22.6 Å². The maximum absolute atomic E-state index is 6.52. The molecule has 4 nitrogen and oxygen atoms in total. The molecule has 0 amide bonds. The van der Waals surface area contributed by atoms with Crippen LogP contribution in [0.4, 0.5) is 0 Å². The summed E-state index contributed by atoms with van der Waals surface area (Å²) in [6, 6.07) is 15.9. The van der Waals surface area contributed by atoms with E-state index in [-0.39, 0.29) is 12.2 Å². The number of halogens is 1. The summed E-state index contributed by atoms with van der Waals surface area (Å²) in [5.41, 5.74) is 2.92. The molecule has 1 aliphatic heterocycles. The molecule has 130 valence electrons. The van der Waals surface area contributed by atoms with Crippen molar-refractivity contribution in [3.63, 3.8) is 0 Å². The molecule has 2 heterocycles. The first-order chi connectivity index (χ1) is 12.2. The highest BCUT2D eigenvalue weighted by molar-refractivity contribution is 6.31. The van der Waals surface area contributed by atoms with Crippen LogP contribution in [0.2, 0.25) is 5.02 Å². The molecule has 1 N–H and O–H groups in total. The molecule has 3 aromatic rings. The van der Waals surface area contributed by atoms with Gasteiger partial charge in [0.05, 0.1) is 17.1 Å². The number of likely N-dealkylation sites (tertiary alicyclic amines) is 1. The van der Waals surface area contributed by atoms with Gasteiger partial charge >= 0.3 is 0 Å². The highest BCUT2D eigenvalue weighted by atomic mass is 35.5. The summed E-state index contributed by atoms with van der Waals surface area (Å²) in [4.78, 5) is 10.5. The van der Waals surface area contributed by atoms with Gasteiger partial charge in [0, 0.05) is 23.7 Å². The maximum Gasteiger partial charge on any atom is 0.142 e. The molecule has 5 heteroatoms. The standard InChI is InChI=1S/C20H22ClN3O/c1-24-12-10-14(11-13-24)25-19(15-6-2-3-7-16(15)21)20-22-17-8-4-5-9-18(17)23-20/h2-9,14,19H,10-13H2,1H3,(H,22,23). The molecule has 0 aliphatic carbocycles. The van der Waals surface area contributed by atoms with Crippen LogP contribution < -0.4 is 0 Å². The smallest absolute Gasteiger partial charge is 0.142 e. The topological polar surface area (TPSA) is 41.1 Å². The predicted molar refractivity (Wildman–Crippen MR) is 101 cm³/mol. The van der Waals surface area contributed by atoms with Gasteiger partial charge in [-0.1, -0.05) is 41.9 Å². The fourth-order valence-corrected chi connectivity index (χ4v) is 3.62. The largest absolute Gasteiger partial charge is 0.362 e. The van der Waals surface area contributed by atoms with E-state index in [1.165, 1.54) is 0 Å². The average Bonchev–Trinajstić information content (AvgIpc) is 3.06. The molecule has 4 rings (SSSR count). The van der Waals surface area contributed by atoms with Gasteiger partial charge in [-0.3, -0.25) is 0 Å². The van der Waals surface area contributed by atoms with Crippen LogP contribution in [0.15, 0.2) is 48.5 Å². The van der Waals surface area contributed by atoms with E-state index >= 15 is 0 Å². The quantitative estimate of drug-likeness (QED) is 0.753. The van der Waals surface area contributed by atoms with Crippen LogP contribution in [0.25, 0.3) is 11.0 Å². The van der Waals surface area contributed by atoms with E-state index in [9.17, 15) is 0 Å². The fourth-order valence-electron chi connectivity index (χ4n) is 3.38. The number of aromatic nitrogens is 2. The Kier molecular flexibility index (Phi) is 4.75. The number of rotatable bonds is 4. The van der Waals surface area contributed by atoms with Crippen LogP contribution in [0.5, 0.6) is 0 Å². The van der Waals surface area contributed by atoms with Gasteiger partial charge in [0.1, 0.15) is 11.9 Å². The minimum atomic E-state index is -0.283. The number of imidazole rings is 1. The predicted octanol–water partition coefficient (Wildman–Crippen LogP) is 4.42. The van der Waals surface area contributed by atoms with Crippen molar-refractivity contribution in [3.8, 4) is 0 Å². The van der Waals surface area contributed by atoms with Gasteiger partial charge in [-0.2, -0.15) is 0 Å². The number of hydrogen-bond donors (Lipinski definition) is 1. The lowest BCUT2D eigenvalue weighted by molar-refractivity contribution is -0.0263. The monoisotopic (exact) mass is 355 g/mol. The zero-order valence-corrected chi connectivity index (χ0v) is 15.0. The second-order valence-corrected chi connectivity index (χ2v) is 7.09. The molecule has 2 aromatic carbocycles. The van der Waals surface area contributed by atoms with Gasteiger partial charge in [0.25, 0.3) is 0 Å². The Morgan fingerprint density at radius 2 is 1.84 bits per heavy atom. The summed E-state index contributed by atoms with van der Waals surface area (Å²) in [5, 5.41) is 0.709. The molecule has 1 fully saturated rings. The third-order valence-electron chi connectivity index (χ3n) is 4.84. The summed E-state index contributed by atoms with van der Waals surface area (Å²) in [7, 11) is 2.15. The van der Waals surface area contributed by atoms with Gasteiger partial charge in [-0.25, -0.2) is 4.98 Å². The number of benzene rings is 2. The Morgan fingerprint density at radius 3 is 2.60 bits per heavy atom. The van der Waals surface area contributed by atoms with E-state index in [0.29, 0.717) is 5.02 Å². The third-order valence-corrected chi connectivity index (χ3v) is 5.18. The molecular formula is C20H22ClN3O. The number of para-hydroxylation sites is 2. The van der Waals surface area contributed by atoms with Crippen molar-refractivity contribution in [1.29, 1.82) is 0 Å². The zero-order valence-electron chi connectivity index (χ0n) is 14.3. The number of ether oxygens (including phenoxy) is 1. The van der Waals surface area contributed by atoms with E-state index in [4.69, 9.17) is 21.3 Å². The van der Waals surface area contributed by atoms with Gasteiger partial charge in [0.2, 0.25) is 0 Å². The first kappa shape index (κ1) is 16.6. The van der Waals surface area contributed by atoms with Crippen LogP contribution in [0, 0.1) is 0 Å². The summed E-state index contributed by atoms with van der Waals surface area (Å²) in [6.07, 6.45) is 1.98. The summed E-state index contributed by atoms with van der Waals surface area (Å²) < 4.78 is 6.52. The molecule has 0 radical (unpaired) electrons. The fraction of sp³-hybridized carbons (Fsp3) is 0.350. The molecule has 1 aliphatic rings. The Bertz CT molecular complexity index is 822. The molecule has 25 heavy (non-hydrogen) atoms.